The molecule has 2 amide bonds. The Hall–Kier alpha value is -2.71. The van der Waals surface area contributed by atoms with Gasteiger partial charge >= 0.3 is 0 Å². The van der Waals surface area contributed by atoms with E-state index in [1.54, 1.807) is 18.2 Å². The third-order valence-electron chi connectivity index (χ3n) is 4.11. The van der Waals surface area contributed by atoms with Gasteiger partial charge in [-0.2, -0.15) is 0 Å². The number of rotatable bonds is 5. The minimum atomic E-state index is -0.525. The molecular formula is C20H17BrN2O4S. The second-order valence-corrected chi connectivity index (χ2v) is 7.31. The number of benzene rings is 2. The molecule has 1 heterocycles. The van der Waals surface area contributed by atoms with Gasteiger partial charge in [-0.3, -0.25) is 19.8 Å². The van der Waals surface area contributed by atoms with Crippen LogP contribution in [0.5, 0.6) is 11.5 Å². The van der Waals surface area contributed by atoms with Crippen molar-refractivity contribution in [3.05, 3.63) is 63.6 Å². The molecule has 1 aliphatic rings. The highest BCUT2D eigenvalue weighted by molar-refractivity contribution is 9.10. The number of thiocarbonyl (C=S) groups is 1. The fourth-order valence-corrected chi connectivity index (χ4v) is 2.99. The van der Waals surface area contributed by atoms with Crippen molar-refractivity contribution >= 4 is 51.2 Å². The molecule has 144 valence electrons. The van der Waals surface area contributed by atoms with Crippen LogP contribution in [0.3, 0.4) is 0 Å². The Morgan fingerprint density at radius 1 is 1.14 bits per heavy atom. The summed E-state index contributed by atoms with van der Waals surface area (Å²) in [6, 6.07) is 13.0. The quantitative estimate of drug-likeness (QED) is 0.421. The van der Waals surface area contributed by atoms with Crippen molar-refractivity contribution in [1.29, 1.82) is 0 Å². The maximum atomic E-state index is 12.3. The van der Waals surface area contributed by atoms with Crippen LogP contribution in [-0.4, -0.2) is 36.0 Å². The van der Waals surface area contributed by atoms with Crippen LogP contribution in [0.15, 0.2) is 52.5 Å². The van der Waals surface area contributed by atoms with Crippen molar-refractivity contribution in [2.75, 3.05) is 14.2 Å². The summed E-state index contributed by atoms with van der Waals surface area (Å²) in [5.74, 6) is 0.0789. The van der Waals surface area contributed by atoms with Crippen LogP contribution < -0.4 is 14.8 Å². The molecule has 1 N–H and O–H groups in total. The van der Waals surface area contributed by atoms with Crippen LogP contribution in [0.2, 0.25) is 0 Å². The number of nitrogens with one attached hydrogen (secondary N) is 1. The van der Waals surface area contributed by atoms with Gasteiger partial charge < -0.3 is 9.47 Å². The second kappa shape index (κ2) is 8.53. The number of nitrogens with zero attached hydrogens (tertiary/aromatic N) is 1. The highest BCUT2D eigenvalue weighted by atomic mass is 79.9. The molecule has 0 spiro atoms. The lowest BCUT2D eigenvalue weighted by Crippen LogP contribution is -2.52. The van der Waals surface area contributed by atoms with E-state index < -0.39 is 11.8 Å². The van der Waals surface area contributed by atoms with E-state index in [-0.39, 0.29) is 10.7 Å². The first-order valence-corrected chi connectivity index (χ1v) is 9.49. The van der Waals surface area contributed by atoms with Gasteiger partial charge in [-0.25, -0.2) is 0 Å². The van der Waals surface area contributed by atoms with Crippen LogP contribution >= 0.6 is 28.1 Å². The maximum Gasteiger partial charge on any atom is 0.265 e. The molecule has 6 nitrogen and oxygen atoms in total. The molecule has 2 aromatic rings. The van der Waals surface area contributed by atoms with Crippen LogP contribution in [0.4, 0.5) is 0 Å². The summed E-state index contributed by atoms with van der Waals surface area (Å²) < 4.78 is 12.2. The molecule has 1 fully saturated rings. The largest absolute Gasteiger partial charge is 0.493 e. The number of ether oxygens (including phenoxy) is 2. The highest BCUT2D eigenvalue weighted by Crippen LogP contribution is 2.30. The Labute approximate surface area is 176 Å². The van der Waals surface area contributed by atoms with Crippen molar-refractivity contribution in [2.45, 2.75) is 6.61 Å². The Bertz CT molecular complexity index is 973. The molecule has 3 rings (SSSR count). The summed E-state index contributed by atoms with van der Waals surface area (Å²) in [6.45, 7) is 0.382. The lowest BCUT2D eigenvalue weighted by Gasteiger charge is -2.25. The fraction of sp³-hybridized carbons (Fsp3) is 0.150. The SMILES string of the molecule is COc1cc(/C=C2\C(=O)NC(=S)N(C)C2=O)ccc1OCc1ccc(Br)cc1. The van der Waals surface area contributed by atoms with Gasteiger partial charge in [-0.1, -0.05) is 34.1 Å². The van der Waals surface area contributed by atoms with E-state index in [9.17, 15) is 9.59 Å². The van der Waals surface area contributed by atoms with E-state index in [1.165, 1.54) is 25.1 Å². The first kappa shape index (κ1) is 20.0. The predicted octanol–water partition coefficient (Wildman–Crippen LogP) is 3.29. The van der Waals surface area contributed by atoms with Crippen LogP contribution in [-0.2, 0) is 16.2 Å². The Kier molecular flexibility index (Phi) is 6.11. The van der Waals surface area contributed by atoms with E-state index in [1.807, 2.05) is 24.3 Å². The zero-order chi connectivity index (χ0) is 20.3. The molecule has 0 aromatic heterocycles. The number of amides is 2. The molecule has 0 atom stereocenters. The first-order chi connectivity index (χ1) is 13.4. The average Bonchev–Trinajstić information content (AvgIpc) is 2.69. The van der Waals surface area contributed by atoms with E-state index >= 15 is 0 Å². The smallest absolute Gasteiger partial charge is 0.265 e. The molecule has 1 saturated heterocycles. The molecule has 0 radical (unpaired) electrons. The number of hydrogen-bond donors (Lipinski definition) is 1. The van der Waals surface area contributed by atoms with Gasteiger partial charge in [-0.05, 0) is 53.7 Å². The van der Waals surface area contributed by atoms with E-state index in [0.29, 0.717) is 23.7 Å². The molecule has 2 aromatic carbocycles. The minimum Gasteiger partial charge on any atom is -0.493 e. The summed E-state index contributed by atoms with van der Waals surface area (Å²) in [4.78, 5) is 25.6. The third-order valence-corrected chi connectivity index (χ3v) is 5.02. The number of carbonyl (C=O) groups is 2. The highest BCUT2D eigenvalue weighted by Gasteiger charge is 2.30. The summed E-state index contributed by atoms with van der Waals surface area (Å²) >= 11 is 8.34. The molecule has 0 bridgehead atoms. The minimum absolute atomic E-state index is 0.00156. The average molecular weight is 461 g/mol. The topological polar surface area (TPSA) is 67.9 Å². The summed E-state index contributed by atoms with van der Waals surface area (Å²) in [5.41, 5.74) is 1.65. The fourth-order valence-electron chi connectivity index (χ4n) is 2.55. The number of halogens is 1. The molecule has 28 heavy (non-hydrogen) atoms. The van der Waals surface area contributed by atoms with E-state index in [2.05, 4.69) is 21.2 Å². The molecule has 0 saturated carbocycles. The molecule has 1 aliphatic heterocycles. The van der Waals surface area contributed by atoms with Gasteiger partial charge in [0.15, 0.2) is 16.6 Å². The van der Waals surface area contributed by atoms with E-state index in [4.69, 9.17) is 21.7 Å². The second-order valence-electron chi connectivity index (χ2n) is 6.01. The number of methoxy groups -OCH3 is 1. The zero-order valence-corrected chi connectivity index (χ0v) is 17.6. The number of hydrogen-bond acceptors (Lipinski definition) is 5. The number of likely N-dealkylation sites (N-methyl/N-ethyl adjacent to an activating group) is 1. The van der Waals surface area contributed by atoms with Gasteiger partial charge in [-0.15, -0.1) is 0 Å². The normalized spacial score (nSPS) is 15.6. The Morgan fingerprint density at radius 3 is 2.54 bits per heavy atom. The van der Waals surface area contributed by atoms with Gasteiger partial charge in [0.2, 0.25) is 0 Å². The lowest BCUT2D eigenvalue weighted by atomic mass is 10.1. The molecule has 8 heteroatoms. The molecule has 0 aliphatic carbocycles. The van der Waals surface area contributed by atoms with Crippen LogP contribution in [0.25, 0.3) is 6.08 Å². The van der Waals surface area contributed by atoms with Gasteiger partial charge in [0.25, 0.3) is 11.8 Å². The third kappa shape index (κ3) is 4.40. The van der Waals surface area contributed by atoms with Crippen molar-refractivity contribution < 1.29 is 19.1 Å². The maximum absolute atomic E-state index is 12.3. The van der Waals surface area contributed by atoms with Gasteiger partial charge in [0.05, 0.1) is 7.11 Å². The standard InChI is InChI=1S/C20H17BrN2O4S/c1-23-19(25)15(18(24)22-20(23)28)9-13-5-8-16(17(10-13)26-2)27-11-12-3-6-14(21)7-4-12/h3-10H,11H2,1-2H3,(H,22,24,28)/b15-9+. The van der Waals surface area contributed by atoms with Crippen molar-refractivity contribution in [3.63, 3.8) is 0 Å². The summed E-state index contributed by atoms with van der Waals surface area (Å²) in [6.07, 6.45) is 1.50. The van der Waals surface area contributed by atoms with Crippen molar-refractivity contribution in [3.8, 4) is 11.5 Å². The first-order valence-electron chi connectivity index (χ1n) is 8.29. The van der Waals surface area contributed by atoms with Crippen LogP contribution in [0, 0.1) is 0 Å². The van der Waals surface area contributed by atoms with Gasteiger partial charge in [0.1, 0.15) is 12.2 Å². The zero-order valence-electron chi connectivity index (χ0n) is 15.2. The Balaban J connectivity index is 1.81. The van der Waals surface area contributed by atoms with Crippen molar-refractivity contribution in [2.24, 2.45) is 0 Å². The van der Waals surface area contributed by atoms with Crippen LogP contribution in [0.1, 0.15) is 11.1 Å². The predicted molar refractivity (Wildman–Crippen MR) is 113 cm³/mol. The lowest BCUT2D eigenvalue weighted by molar-refractivity contribution is -0.128. The molecular weight excluding hydrogens is 444 g/mol. The Morgan fingerprint density at radius 2 is 1.86 bits per heavy atom. The number of carbonyl (C=O) groups excluding carboxylic acids is 2. The molecule has 0 unspecified atom stereocenters. The van der Waals surface area contributed by atoms with Gasteiger partial charge in [0, 0.05) is 11.5 Å². The summed E-state index contributed by atoms with van der Waals surface area (Å²) in [7, 11) is 3.04. The van der Waals surface area contributed by atoms with E-state index in [0.717, 1.165) is 10.0 Å². The summed E-state index contributed by atoms with van der Waals surface area (Å²) in [5, 5.41) is 2.57. The monoisotopic (exact) mass is 460 g/mol. The van der Waals surface area contributed by atoms with Crippen molar-refractivity contribution in [1.82, 2.24) is 10.2 Å².